The molecular formula is C15H21BrN2O. The molecule has 1 aliphatic rings. The topological polar surface area (TPSA) is 23.6 Å². The number of aryl methyl sites for hydroxylation is 2. The van der Waals surface area contributed by atoms with Crippen LogP contribution in [0.3, 0.4) is 0 Å². The maximum absolute atomic E-state index is 12.2. The Morgan fingerprint density at radius 3 is 2.42 bits per heavy atom. The molecule has 0 N–H and O–H groups in total. The molecule has 1 atom stereocenters. The van der Waals surface area contributed by atoms with Gasteiger partial charge >= 0.3 is 0 Å². The van der Waals surface area contributed by atoms with E-state index in [0.717, 1.165) is 23.1 Å². The van der Waals surface area contributed by atoms with E-state index in [1.807, 2.05) is 4.90 Å². The zero-order chi connectivity index (χ0) is 14.2. The van der Waals surface area contributed by atoms with Crippen molar-refractivity contribution < 1.29 is 4.79 Å². The molecule has 104 valence electrons. The van der Waals surface area contributed by atoms with Crippen LogP contribution in [-0.2, 0) is 4.79 Å². The van der Waals surface area contributed by atoms with Gasteiger partial charge in [-0.1, -0.05) is 15.9 Å². The summed E-state index contributed by atoms with van der Waals surface area (Å²) in [4.78, 5) is 16.3. The summed E-state index contributed by atoms with van der Waals surface area (Å²) in [5.74, 6) is 0.243. The van der Waals surface area contributed by atoms with Gasteiger partial charge in [0.25, 0.3) is 0 Å². The Bertz CT molecular complexity index is 476. The second-order valence-corrected chi connectivity index (χ2v) is 6.41. The summed E-state index contributed by atoms with van der Waals surface area (Å²) < 4.78 is 1.13. The molecular weight excluding hydrogens is 304 g/mol. The number of benzene rings is 1. The molecule has 0 aliphatic carbocycles. The molecule has 4 heteroatoms. The van der Waals surface area contributed by atoms with E-state index in [1.54, 1.807) is 0 Å². The first-order valence-electron chi connectivity index (χ1n) is 6.63. The molecule has 1 aliphatic heterocycles. The lowest BCUT2D eigenvalue weighted by Crippen LogP contribution is -2.39. The van der Waals surface area contributed by atoms with Crippen molar-refractivity contribution in [2.45, 2.75) is 32.7 Å². The van der Waals surface area contributed by atoms with Crippen LogP contribution in [0.1, 0.15) is 24.0 Å². The maximum atomic E-state index is 12.2. The lowest BCUT2D eigenvalue weighted by molar-refractivity contribution is -0.117. The maximum Gasteiger partial charge on any atom is 0.227 e. The van der Waals surface area contributed by atoms with Gasteiger partial charge < -0.3 is 9.80 Å². The number of anilines is 1. The zero-order valence-corrected chi connectivity index (χ0v) is 13.6. The van der Waals surface area contributed by atoms with Crippen LogP contribution < -0.4 is 4.90 Å². The zero-order valence-electron chi connectivity index (χ0n) is 12.0. The quantitative estimate of drug-likeness (QED) is 0.852. The molecule has 0 spiro atoms. The van der Waals surface area contributed by atoms with Crippen LogP contribution in [-0.4, -0.2) is 37.5 Å². The molecule has 19 heavy (non-hydrogen) atoms. The molecule has 0 unspecified atom stereocenters. The van der Waals surface area contributed by atoms with Crippen molar-refractivity contribution in [2.24, 2.45) is 0 Å². The van der Waals surface area contributed by atoms with Crippen molar-refractivity contribution in [3.8, 4) is 0 Å². The van der Waals surface area contributed by atoms with E-state index in [4.69, 9.17) is 0 Å². The molecule has 0 radical (unpaired) electrons. The summed E-state index contributed by atoms with van der Waals surface area (Å²) in [6.45, 7) is 5.06. The highest BCUT2D eigenvalue weighted by molar-refractivity contribution is 9.10. The van der Waals surface area contributed by atoms with Gasteiger partial charge in [-0.05, 0) is 57.6 Å². The van der Waals surface area contributed by atoms with Crippen molar-refractivity contribution in [3.63, 3.8) is 0 Å². The lowest BCUT2D eigenvalue weighted by atomic mass is 10.1. The molecule has 1 heterocycles. The van der Waals surface area contributed by atoms with Gasteiger partial charge in [0.15, 0.2) is 0 Å². The van der Waals surface area contributed by atoms with Crippen LogP contribution in [0.5, 0.6) is 0 Å². The van der Waals surface area contributed by atoms with Crippen LogP contribution in [0, 0.1) is 13.8 Å². The fourth-order valence-electron chi connectivity index (χ4n) is 2.75. The molecule has 3 nitrogen and oxygen atoms in total. The molecule has 1 saturated heterocycles. The Balaban J connectivity index is 2.35. The Labute approximate surface area is 123 Å². The first-order chi connectivity index (χ1) is 8.90. The third-order valence-corrected chi connectivity index (χ3v) is 4.85. The van der Waals surface area contributed by atoms with Crippen LogP contribution in [0.25, 0.3) is 0 Å². The van der Waals surface area contributed by atoms with Crippen LogP contribution in [0.2, 0.25) is 0 Å². The largest absolute Gasteiger partial charge is 0.308 e. The third kappa shape index (κ3) is 3.00. The average Bonchev–Trinajstić information content (AvgIpc) is 2.66. The first-order valence-corrected chi connectivity index (χ1v) is 7.43. The van der Waals surface area contributed by atoms with E-state index < -0.39 is 0 Å². The number of halogens is 1. The highest BCUT2D eigenvalue weighted by Crippen LogP contribution is 2.32. The monoisotopic (exact) mass is 324 g/mol. The SMILES string of the molecule is Cc1cc(N2C(=O)CC[C@@H]2CN(C)C)cc(C)c1Br. The predicted molar refractivity (Wildman–Crippen MR) is 82.7 cm³/mol. The minimum absolute atomic E-state index is 0.243. The van der Waals surface area contributed by atoms with Gasteiger partial charge in [-0.15, -0.1) is 0 Å². The Morgan fingerprint density at radius 1 is 1.32 bits per heavy atom. The van der Waals surface area contributed by atoms with Gasteiger partial charge in [-0.2, -0.15) is 0 Å². The van der Waals surface area contributed by atoms with Gasteiger partial charge in [0.2, 0.25) is 5.91 Å². The molecule has 2 rings (SSSR count). The minimum Gasteiger partial charge on any atom is -0.308 e. The van der Waals surface area contributed by atoms with Crippen LogP contribution in [0.4, 0.5) is 5.69 Å². The Kier molecular flexibility index (Phi) is 4.31. The second kappa shape index (κ2) is 5.63. The number of likely N-dealkylation sites (N-methyl/N-ethyl adjacent to an activating group) is 1. The summed E-state index contributed by atoms with van der Waals surface area (Å²) in [5, 5.41) is 0. The average molecular weight is 325 g/mol. The molecule has 1 aromatic rings. The number of rotatable bonds is 3. The van der Waals surface area contributed by atoms with Crippen molar-refractivity contribution >= 4 is 27.5 Å². The van der Waals surface area contributed by atoms with Crippen LogP contribution >= 0.6 is 15.9 Å². The fourth-order valence-corrected chi connectivity index (χ4v) is 2.98. The number of hydrogen-bond acceptors (Lipinski definition) is 2. The van der Waals surface area contributed by atoms with Gasteiger partial charge in [-0.25, -0.2) is 0 Å². The molecule has 1 amide bonds. The summed E-state index contributed by atoms with van der Waals surface area (Å²) in [6.07, 6.45) is 1.61. The van der Waals surface area contributed by atoms with E-state index in [-0.39, 0.29) is 5.91 Å². The smallest absolute Gasteiger partial charge is 0.227 e. The van der Waals surface area contributed by atoms with Gasteiger partial charge in [-0.3, -0.25) is 4.79 Å². The number of nitrogens with zero attached hydrogens (tertiary/aromatic N) is 2. The van der Waals surface area contributed by atoms with Crippen LogP contribution in [0.15, 0.2) is 16.6 Å². The molecule has 1 aromatic carbocycles. The predicted octanol–water partition coefficient (Wildman–Crippen LogP) is 3.12. The van der Waals surface area contributed by atoms with E-state index in [2.05, 4.69) is 60.9 Å². The normalized spacial score (nSPS) is 19.6. The summed E-state index contributed by atoms with van der Waals surface area (Å²) in [7, 11) is 4.11. The number of carbonyl (C=O) groups excluding carboxylic acids is 1. The third-order valence-electron chi connectivity index (χ3n) is 3.60. The van der Waals surface area contributed by atoms with Crippen molar-refractivity contribution in [1.29, 1.82) is 0 Å². The van der Waals surface area contributed by atoms with Crippen molar-refractivity contribution in [2.75, 3.05) is 25.5 Å². The number of amides is 1. The number of carbonyl (C=O) groups is 1. The summed E-state index contributed by atoms with van der Waals surface area (Å²) in [6, 6.07) is 4.49. The van der Waals surface area contributed by atoms with Gasteiger partial charge in [0.1, 0.15) is 0 Å². The Morgan fingerprint density at radius 2 is 1.89 bits per heavy atom. The molecule has 1 fully saturated rings. The minimum atomic E-state index is 0.243. The first kappa shape index (κ1) is 14.5. The Hall–Kier alpha value is -0.870. The molecule has 0 aromatic heterocycles. The van der Waals surface area contributed by atoms with Crippen molar-refractivity contribution in [1.82, 2.24) is 4.90 Å². The number of hydrogen-bond donors (Lipinski definition) is 0. The van der Waals surface area contributed by atoms with Gasteiger partial charge in [0.05, 0.1) is 6.04 Å². The fraction of sp³-hybridized carbons (Fsp3) is 0.533. The standard InChI is InChI=1S/C15H21BrN2O/c1-10-7-13(8-11(2)15(10)16)18-12(9-17(3)4)5-6-14(18)19/h7-8,12H,5-6,9H2,1-4H3/t12-/m1/s1. The lowest BCUT2D eigenvalue weighted by Gasteiger charge is -2.28. The molecule has 0 saturated carbocycles. The van der Waals surface area contributed by atoms with Gasteiger partial charge in [0, 0.05) is 23.1 Å². The highest BCUT2D eigenvalue weighted by atomic mass is 79.9. The highest BCUT2D eigenvalue weighted by Gasteiger charge is 2.32. The molecule has 0 bridgehead atoms. The van der Waals surface area contributed by atoms with Crippen molar-refractivity contribution in [3.05, 3.63) is 27.7 Å². The van der Waals surface area contributed by atoms with E-state index in [1.165, 1.54) is 11.1 Å². The summed E-state index contributed by atoms with van der Waals surface area (Å²) >= 11 is 3.58. The van der Waals surface area contributed by atoms with E-state index >= 15 is 0 Å². The van der Waals surface area contributed by atoms with E-state index in [0.29, 0.717) is 12.5 Å². The summed E-state index contributed by atoms with van der Waals surface area (Å²) in [5.41, 5.74) is 3.39. The second-order valence-electron chi connectivity index (χ2n) is 5.61. The van der Waals surface area contributed by atoms with E-state index in [9.17, 15) is 4.79 Å².